The quantitative estimate of drug-likeness (QED) is 0.850. The van der Waals surface area contributed by atoms with E-state index in [9.17, 15) is 13.2 Å². The fraction of sp³-hybridized carbons (Fsp3) is 0.333. The molecule has 1 aromatic rings. The monoisotopic (exact) mass is 257 g/mol. The van der Waals surface area contributed by atoms with E-state index >= 15 is 0 Å². The molecule has 0 heterocycles. The molecule has 1 rings (SSSR count). The van der Waals surface area contributed by atoms with Gasteiger partial charge in [-0.1, -0.05) is 35.3 Å². The first-order chi connectivity index (χ1) is 6.88. The van der Waals surface area contributed by atoms with Crippen LogP contribution in [-0.4, -0.2) is 13.2 Å². The molecule has 6 heteroatoms. The van der Waals surface area contributed by atoms with Gasteiger partial charge in [0.25, 0.3) is 0 Å². The number of benzene rings is 1. The van der Waals surface area contributed by atoms with Gasteiger partial charge in [0.15, 0.2) is 0 Å². The number of hydrogen-bond donors (Lipinski definition) is 1. The smallest absolute Gasteiger partial charge is 0.305 e. The van der Waals surface area contributed by atoms with Crippen LogP contribution in [0.15, 0.2) is 18.2 Å². The van der Waals surface area contributed by atoms with E-state index in [0.717, 1.165) is 0 Å². The third-order valence-corrected chi connectivity index (χ3v) is 2.74. The normalized spacial score (nSPS) is 14.0. The Hall–Kier alpha value is -0.450. The van der Waals surface area contributed by atoms with Gasteiger partial charge in [-0.2, -0.15) is 13.2 Å². The molecule has 0 radical (unpaired) electrons. The Morgan fingerprint density at radius 2 is 1.87 bits per heavy atom. The third kappa shape index (κ3) is 2.77. The van der Waals surface area contributed by atoms with E-state index < -0.39 is 12.2 Å². The third-order valence-electron chi connectivity index (χ3n) is 1.91. The number of hydrogen-bond acceptors (Lipinski definition) is 1. The summed E-state index contributed by atoms with van der Waals surface area (Å²) in [6.07, 6.45) is -4.40. The summed E-state index contributed by atoms with van der Waals surface area (Å²) >= 11 is 11.3. The minimum atomic E-state index is -4.40. The Morgan fingerprint density at radius 1 is 1.27 bits per heavy atom. The van der Waals surface area contributed by atoms with E-state index in [1.807, 2.05) is 0 Å². The molecule has 0 saturated carbocycles. The Balaban J connectivity index is 3.19. The van der Waals surface area contributed by atoms with Crippen LogP contribution in [0.3, 0.4) is 0 Å². The van der Waals surface area contributed by atoms with Crippen molar-refractivity contribution in [1.29, 1.82) is 0 Å². The lowest BCUT2D eigenvalue weighted by Crippen LogP contribution is -2.31. The van der Waals surface area contributed by atoms with Crippen LogP contribution >= 0.6 is 23.2 Å². The highest BCUT2D eigenvalue weighted by Gasteiger charge is 2.40. The van der Waals surface area contributed by atoms with Gasteiger partial charge < -0.3 is 5.32 Å². The molecule has 0 aromatic heterocycles. The fourth-order valence-electron chi connectivity index (χ4n) is 1.24. The number of nitrogens with one attached hydrogen (secondary N) is 1. The molecule has 15 heavy (non-hydrogen) atoms. The van der Waals surface area contributed by atoms with Gasteiger partial charge in [0.05, 0.1) is 10.0 Å². The average molecular weight is 258 g/mol. The zero-order chi connectivity index (χ0) is 11.6. The standard InChI is InChI=1S/C9H8Cl2F3N/c1-15-8(9(12,13)14)5-3-2-4-6(10)7(5)11/h2-4,8,15H,1H3. The summed E-state index contributed by atoms with van der Waals surface area (Å²) in [5.41, 5.74) is -0.0702. The van der Waals surface area contributed by atoms with Gasteiger partial charge in [-0.15, -0.1) is 0 Å². The molecule has 1 nitrogen and oxygen atoms in total. The van der Waals surface area contributed by atoms with Crippen LogP contribution in [0.1, 0.15) is 11.6 Å². The summed E-state index contributed by atoms with van der Waals surface area (Å²) in [6, 6.07) is 2.36. The van der Waals surface area contributed by atoms with Gasteiger partial charge in [-0.25, -0.2) is 0 Å². The molecular formula is C9H8Cl2F3N. The molecule has 0 aliphatic heterocycles. The van der Waals surface area contributed by atoms with Crippen molar-refractivity contribution in [2.45, 2.75) is 12.2 Å². The highest BCUT2D eigenvalue weighted by atomic mass is 35.5. The summed E-state index contributed by atoms with van der Waals surface area (Å²) < 4.78 is 37.7. The van der Waals surface area contributed by atoms with Crippen LogP contribution in [0, 0.1) is 0 Å². The van der Waals surface area contributed by atoms with Gasteiger partial charge in [0.1, 0.15) is 6.04 Å². The number of rotatable bonds is 2. The van der Waals surface area contributed by atoms with Crippen molar-refractivity contribution in [2.24, 2.45) is 0 Å². The maximum atomic E-state index is 12.6. The molecule has 0 spiro atoms. The van der Waals surface area contributed by atoms with Crippen molar-refractivity contribution in [1.82, 2.24) is 5.32 Å². The Bertz CT molecular complexity index is 352. The van der Waals surface area contributed by atoms with Gasteiger partial charge in [-0.3, -0.25) is 0 Å². The van der Waals surface area contributed by atoms with Crippen molar-refractivity contribution in [3.8, 4) is 0 Å². The second-order valence-electron chi connectivity index (χ2n) is 2.91. The zero-order valence-corrected chi connectivity index (χ0v) is 9.21. The van der Waals surface area contributed by atoms with Gasteiger partial charge >= 0.3 is 6.18 Å². The Kier molecular flexibility index (Phi) is 3.87. The first-order valence-corrected chi connectivity index (χ1v) is 4.81. The lowest BCUT2D eigenvalue weighted by molar-refractivity contribution is -0.156. The Labute approximate surface area is 95.2 Å². The molecule has 1 unspecified atom stereocenters. The van der Waals surface area contributed by atoms with E-state index in [0.29, 0.717) is 0 Å². The van der Waals surface area contributed by atoms with E-state index in [-0.39, 0.29) is 15.6 Å². The maximum Gasteiger partial charge on any atom is 0.407 e. The second-order valence-corrected chi connectivity index (χ2v) is 3.69. The molecule has 0 saturated heterocycles. The fourth-order valence-corrected chi connectivity index (χ4v) is 1.66. The van der Waals surface area contributed by atoms with Crippen LogP contribution in [0.5, 0.6) is 0 Å². The van der Waals surface area contributed by atoms with E-state index in [1.54, 1.807) is 0 Å². The molecule has 1 aromatic carbocycles. The SMILES string of the molecule is CNC(c1cccc(Cl)c1Cl)C(F)(F)F. The molecule has 0 fully saturated rings. The summed E-state index contributed by atoms with van der Waals surface area (Å²) in [7, 11) is 1.22. The zero-order valence-electron chi connectivity index (χ0n) is 7.70. The summed E-state index contributed by atoms with van der Waals surface area (Å²) in [5, 5.41) is 2.19. The van der Waals surface area contributed by atoms with Crippen molar-refractivity contribution in [3.05, 3.63) is 33.8 Å². The lowest BCUT2D eigenvalue weighted by atomic mass is 10.1. The van der Waals surface area contributed by atoms with E-state index in [1.165, 1.54) is 25.2 Å². The topological polar surface area (TPSA) is 12.0 Å². The van der Waals surface area contributed by atoms with E-state index in [4.69, 9.17) is 23.2 Å². The summed E-state index contributed by atoms with van der Waals surface area (Å²) in [4.78, 5) is 0. The highest BCUT2D eigenvalue weighted by Crippen LogP contribution is 2.38. The minimum Gasteiger partial charge on any atom is -0.305 e. The van der Waals surface area contributed by atoms with Crippen molar-refractivity contribution in [2.75, 3.05) is 7.05 Å². The van der Waals surface area contributed by atoms with Crippen LogP contribution in [-0.2, 0) is 0 Å². The minimum absolute atomic E-state index is 0.0702. The summed E-state index contributed by atoms with van der Waals surface area (Å²) in [6.45, 7) is 0. The molecule has 84 valence electrons. The van der Waals surface area contributed by atoms with Gasteiger partial charge in [-0.05, 0) is 18.7 Å². The number of alkyl halides is 3. The Morgan fingerprint density at radius 3 is 2.33 bits per heavy atom. The van der Waals surface area contributed by atoms with Crippen molar-refractivity contribution < 1.29 is 13.2 Å². The molecular weight excluding hydrogens is 250 g/mol. The molecule has 0 amide bonds. The second kappa shape index (κ2) is 4.60. The predicted molar refractivity (Wildman–Crippen MR) is 54.3 cm³/mol. The molecule has 0 aliphatic rings. The van der Waals surface area contributed by atoms with E-state index in [2.05, 4.69) is 5.32 Å². The molecule has 1 N–H and O–H groups in total. The first-order valence-electron chi connectivity index (χ1n) is 4.05. The van der Waals surface area contributed by atoms with Crippen LogP contribution in [0.4, 0.5) is 13.2 Å². The van der Waals surface area contributed by atoms with Crippen LogP contribution < -0.4 is 5.32 Å². The van der Waals surface area contributed by atoms with Crippen molar-refractivity contribution in [3.63, 3.8) is 0 Å². The van der Waals surface area contributed by atoms with Gasteiger partial charge in [0, 0.05) is 0 Å². The average Bonchev–Trinajstić information content (AvgIpc) is 2.11. The largest absolute Gasteiger partial charge is 0.407 e. The lowest BCUT2D eigenvalue weighted by Gasteiger charge is -2.21. The predicted octanol–water partition coefficient (Wildman–Crippen LogP) is 3.82. The van der Waals surface area contributed by atoms with Crippen molar-refractivity contribution >= 4 is 23.2 Å². The number of halogens is 5. The summed E-state index contributed by atoms with van der Waals surface area (Å²) in [5.74, 6) is 0. The first kappa shape index (κ1) is 12.6. The van der Waals surface area contributed by atoms with Gasteiger partial charge in [0.2, 0.25) is 0 Å². The molecule has 0 aliphatic carbocycles. The molecule has 1 atom stereocenters. The highest BCUT2D eigenvalue weighted by molar-refractivity contribution is 6.42. The molecule has 0 bridgehead atoms. The maximum absolute atomic E-state index is 12.6. The van der Waals surface area contributed by atoms with Crippen LogP contribution in [0.25, 0.3) is 0 Å². The van der Waals surface area contributed by atoms with Crippen LogP contribution in [0.2, 0.25) is 10.0 Å².